The molecule has 1 unspecified atom stereocenters. The van der Waals surface area contributed by atoms with E-state index in [1.165, 1.54) is 12.8 Å². The molecule has 1 amide bonds. The van der Waals surface area contributed by atoms with Crippen molar-refractivity contribution in [3.63, 3.8) is 0 Å². The molecule has 1 aliphatic carbocycles. The van der Waals surface area contributed by atoms with E-state index >= 15 is 0 Å². The molecule has 4 nitrogen and oxygen atoms in total. The first-order chi connectivity index (χ1) is 8.66. The van der Waals surface area contributed by atoms with E-state index in [0.29, 0.717) is 11.8 Å². The molecule has 18 heavy (non-hydrogen) atoms. The van der Waals surface area contributed by atoms with Crippen LogP contribution >= 0.6 is 0 Å². The number of piperidine rings is 1. The molecule has 1 saturated heterocycles. The van der Waals surface area contributed by atoms with Gasteiger partial charge in [-0.25, -0.2) is 0 Å². The Balaban J connectivity index is 1.84. The van der Waals surface area contributed by atoms with Crippen molar-refractivity contribution in [2.24, 2.45) is 0 Å². The van der Waals surface area contributed by atoms with E-state index in [2.05, 4.69) is 10.2 Å². The van der Waals surface area contributed by atoms with Gasteiger partial charge >= 0.3 is 0 Å². The first-order valence-corrected chi connectivity index (χ1v) is 7.20. The number of nitrogens with one attached hydrogen (secondary N) is 1. The summed E-state index contributed by atoms with van der Waals surface area (Å²) in [6.45, 7) is 3.46. The molecule has 2 fully saturated rings. The molecule has 0 aromatic rings. The molecule has 0 aromatic heterocycles. The van der Waals surface area contributed by atoms with Crippen molar-refractivity contribution in [3.05, 3.63) is 0 Å². The maximum atomic E-state index is 12.1. The lowest BCUT2D eigenvalue weighted by Gasteiger charge is -2.36. The van der Waals surface area contributed by atoms with Crippen molar-refractivity contribution in [1.29, 1.82) is 0 Å². The Labute approximate surface area is 109 Å². The Hall–Kier alpha value is -0.900. The maximum Gasteiger partial charge on any atom is 0.217 e. The van der Waals surface area contributed by atoms with Crippen LogP contribution in [0, 0.1) is 0 Å². The summed E-state index contributed by atoms with van der Waals surface area (Å²) < 4.78 is 0. The highest BCUT2D eigenvalue weighted by Crippen LogP contribution is 2.22. The van der Waals surface area contributed by atoms with Crippen molar-refractivity contribution < 1.29 is 9.59 Å². The van der Waals surface area contributed by atoms with Gasteiger partial charge in [0, 0.05) is 32.5 Å². The lowest BCUT2D eigenvalue weighted by atomic mass is 9.99. The third kappa shape index (κ3) is 3.55. The van der Waals surface area contributed by atoms with E-state index < -0.39 is 0 Å². The van der Waals surface area contributed by atoms with Crippen LogP contribution in [0.2, 0.25) is 0 Å². The van der Waals surface area contributed by atoms with E-state index in [1.807, 2.05) is 0 Å². The van der Waals surface area contributed by atoms with Gasteiger partial charge in [-0.05, 0) is 25.7 Å². The number of nitrogens with zero attached hydrogens (tertiary/aromatic N) is 1. The van der Waals surface area contributed by atoms with Gasteiger partial charge in [0.05, 0.1) is 6.04 Å². The van der Waals surface area contributed by atoms with Gasteiger partial charge in [-0.3, -0.25) is 14.5 Å². The number of Topliss-reactive ketones (excluding diaryl/α,β-unsaturated/α-hetero) is 1. The number of amides is 1. The molecule has 102 valence electrons. The largest absolute Gasteiger partial charge is 0.354 e. The Morgan fingerprint density at radius 3 is 2.56 bits per heavy atom. The Morgan fingerprint density at radius 1 is 1.17 bits per heavy atom. The molecular weight excluding hydrogens is 228 g/mol. The predicted octanol–water partition coefficient (Wildman–Crippen LogP) is 1.49. The highest BCUT2D eigenvalue weighted by Gasteiger charge is 2.30. The van der Waals surface area contributed by atoms with Crippen LogP contribution in [0.15, 0.2) is 0 Å². The monoisotopic (exact) mass is 252 g/mol. The molecule has 0 radical (unpaired) electrons. The summed E-state index contributed by atoms with van der Waals surface area (Å²) in [6, 6.07) is 0.463. The standard InChI is InChI=1S/C14H24N2O2/c1-11(17)15-12-7-9-16(10-8-12)13-5-3-2-4-6-14(13)18/h12-13H,2-10H2,1H3,(H,15,17). The summed E-state index contributed by atoms with van der Waals surface area (Å²) in [4.78, 5) is 25.4. The first kappa shape index (κ1) is 13.5. The van der Waals surface area contributed by atoms with E-state index in [0.717, 1.165) is 45.2 Å². The molecule has 1 N–H and O–H groups in total. The minimum absolute atomic E-state index is 0.0546. The zero-order valence-corrected chi connectivity index (χ0v) is 11.3. The van der Waals surface area contributed by atoms with Crippen molar-refractivity contribution in [2.75, 3.05) is 13.1 Å². The van der Waals surface area contributed by atoms with E-state index in [1.54, 1.807) is 6.92 Å². The number of carbonyl (C=O) groups is 2. The van der Waals surface area contributed by atoms with Crippen LogP contribution in [0.1, 0.15) is 51.9 Å². The van der Waals surface area contributed by atoms with Crippen LogP contribution < -0.4 is 5.32 Å². The minimum Gasteiger partial charge on any atom is -0.354 e. The summed E-state index contributed by atoms with van der Waals surface area (Å²) in [5, 5.41) is 2.98. The molecule has 1 aliphatic heterocycles. The van der Waals surface area contributed by atoms with Gasteiger partial charge < -0.3 is 5.32 Å². The number of rotatable bonds is 2. The van der Waals surface area contributed by atoms with Gasteiger partial charge in [0.1, 0.15) is 5.78 Å². The lowest BCUT2D eigenvalue weighted by molar-refractivity contribution is -0.125. The van der Waals surface area contributed by atoms with Gasteiger partial charge in [-0.2, -0.15) is 0 Å². The zero-order chi connectivity index (χ0) is 13.0. The summed E-state index contributed by atoms with van der Waals surface area (Å²) in [5.74, 6) is 0.490. The molecule has 0 bridgehead atoms. The van der Waals surface area contributed by atoms with Crippen LogP contribution in [0.4, 0.5) is 0 Å². The topological polar surface area (TPSA) is 49.4 Å². The first-order valence-electron chi connectivity index (χ1n) is 7.20. The fourth-order valence-corrected chi connectivity index (χ4v) is 3.17. The number of hydrogen-bond donors (Lipinski definition) is 1. The van der Waals surface area contributed by atoms with E-state index in [-0.39, 0.29) is 11.9 Å². The Bertz CT molecular complexity index is 309. The van der Waals surface area contributed by atoms with Gasteiger partial charge in [-0.15, -0.1) is 0 Å². The summed E-state index contributed by atoms with van der Waals surface area (Å²) in [6.07, 6.45) is 7.19. The van der Waals surface area contributed by atoms with Crippen LogP contribution in [0.25, 0.3) is 0 Å². The smallest absolute Gasteiger partial charge is 0.217 e. The van der Waals surface area contributed by atoms with Crippen LogP contribution in [-0.2, 0) is 9.59 Å². The Morgan fingerprint density at radius 2 is 1.89 bits per heavy atom. The number of likely N-dealkylation sites (tertiary alicyclic amines) is 1. The average molecular weight is 252 g/mol. The van der Waals surface area contributed by atoms with E-state index in [4.69, 9.17) is 0 Å². The van der Waals surface area contributed by atoms with Crippen LogP contribution in [0.5, 0.6) is 0 Å². The zero-order valence-electron chi connectivity index (χ0n) is 11.3. The second-order valence-corrected chi connectivity index (χ2v) is 5.59. The highest BCUT2D eigenvalue weighted by atomic mass is 16.1. The fourth-order valence-electron chi connectivity index (χ4n) is 3.17. The third-order valence-electron chi connectivity index (χ3n) is 4.15. The molecule has 0 spiro atoms. The lowest BCUT2D eigenvalue weighted by Crippen LogP contribution is -2.49. The summed E-state index contributed by atoms with van der Waals surface area (Å²) in [5.41, 5.74) is 0. The molecule has 1 heterocycles. The average Bonchev–Trinajstić information content (AvgIpc) is 2.54. The van der Waals surface area contributed by atoms with Crippen LogP contribution in [0.3, 0.4) is 0 Å². The maximum absolute atomic E-state index is 12.1. The number of carbonyl (C=O) groups excluding carboxylic acids is 2. The van der Waals surface area contributed by atoms with Gasteiger partial charge in [0.2, 0.25) is 5.91 Å². The summed E-state index contributed by atoms with van der Waals surface area (Å²) in [7, 11) is 0. The van der Waals surface area contributed by atoms with Crippen LogP contribution in [-0.4, -0.2) is 41.8 Å². The van der Waals surface area contributed by atoms with Gasteiger partial charge in [0.25, 0.3) is 0 Å². The number of hydrogen-bond acceptors (Lipinski definition) is 3. The molecule has 0 aromatic carbocycles. The third-order valence-corrected chi connectivity index (χ3v) is 4.15. The SMILES string of the molecule is CC(=O)NC1CCN(C2CCCCCC2=O)CC1. The second kappa shape index (κ2) is 6.32. The molecule has 1 atom stereocenters. The molecule has 1 saturated carbocycles. The fraction of sp³-hybridized carbons (Fsp3) is 0.857. The quantitative estimate of drug-likeness (QED) is 0.758. The Kier molecular flexibility index (Phi) is 4.75. The van der Waals surface area contributed by atoms with Gasteiger partial charge in [-0.1, -0.05) is 12.8 Å². The highest BCUT2D eigenvalue weighted by molar-refractivity contribution is 5.84. The molecule has 2 aliphatic rings. The minimum atomic E-state index is 0.0546. The van der Waals surface area contributed by atoms with Gasteiger partial charge in [0.15, 0.2) is 0 Å². The molecule has 2 rings (SSSR count). The van der Waals surface area contributed by atoms with Crippen molar-refractivity contribution >= 4 is 11.7 Å². The van der Waals surface area contributed by atoms with Crippen molar-refractivity contribution in [3.8, 4) is 0 Å². The molecule has 4 heteroatoms. The second-order valence-electron chi connectivity index (χ2n) is 5.59. The van der Waals surface area contributed by atoms with E-state index in [9.17, 15) is 9.59 Å². The summed E-state index contributed by atoms with van der Waals surface area (Å²) >= 11 is 0. The van der Waals surface area contributed by atoms with Crippen molar-refractivity contribution in [1.82, 2.24) is 10.2 Å². The molecular formula is C14H24N2O2. The van der Waals surface area contributed by atoms with Crippen molar-refractivity contribution in [2.45, 2.75) is 64.0 Å². The normalized spacial score (nSPS) is 27.8. The predicted molar refractivity (Wildman–Crippen MR) is 70.3 cm³/mol. The number of ketones is 1.